The Balaban J connectivity index is 2.20. The van der Waals surface area contributed by atoms with Crippen molar-refractivity contribution in [2.75, 3.05) is 32.1 Å². The molecule has 2 rings (SSSR count). The molecule has 0 radical (unpaired) electrons. The molecule has 0 bridgehead atoms. The zero-order chi connectivity index (χ0) is 14.5. The Morgan fingerprint density at radius 1 is 1.55 bits per heavy atom. The van der Waals surface area contributed by atoms with Crippen LogP contribution in [0.4, 0.5) is 5.69 Å². The fourth-order valence-corrected chi connectivity index (χ4v) is 2.46. The number of carbonyl (C=O) groups is 1. The van der Waals surface area contributed by atoms with Crippen molar-refractivity contribution < 1.29 is 9.53 Å². The van der Waals surface area contributed by atoms with E-state index in [9.17, 15) is 4.79 Å². The first kappa shape index (κ1) is 15.1. The molecule has 0 saturated carbocycles. The van der Waals surface area contributed by atoms with Crippen LogP contribution in [0.25, 0.3) is 0 Å². The molecule has 1 heterocycles. The van der Waals surface area contributed by atoms with E-state index in [1.54, 1.807) is 17.0 Å². The summed E-state index contributed by atoms with van der Waals surface area (Å²) in [6, 6.07) is 5.55. The van der Waals surface area contributed by atoms with Crippen molar-refractivity contribution in [2.45, 2.75) is 25.8 Å². The topological polar surface area (TPSA) is 41.6 Å². The molecule has 1 aromatic rings. The lowest BCUT2D eigenvalue weighted by Crippen LogP contribution is -2.37. The van der Waals surface area contributed by atoms with Crippen molar-refractivity contribution in [1.82, 2.24) is 4.90 Å². The fourth-order valence-electron chi connectivity index (χ4n) is 2.29. The predicted molar refractivity (Wildman–Crippen MR) is 81.6 cm³/mol. The van der Waals surface area contributed by atoms with E-state index < -0.39 is 0 Å². The highest BCUT2D eigenvalue weighted by molar-refractivity contribution is 6.31. The van der Waals surface area contributed by atoms with Crippen LogP contribution in [0.15, 0.2) is 18.2 Å². The number of carbonyl (C=O) groups excluding carboxylic acids is 1. The van der Waals surface area contributed by atoms with Gasteiger partial charge in [-0.3, -0.25) is 4.79 Å². The van der Waals surface area contributed by atoms with Crippen molar-refractivity contribution >= 4 is 23.2 Å². The van der Waals surface area contributed by atoms with Crippen molar-refractivity contribution in [2.24, 2.45) is 0 Å². The number of rotatable bonds is 5. The van der Waals surface area contributed by atoms with Gasteiger partial charge in [0.15, 0.2) is 0 Å². The lowest BCUT2D eigenvalue weighted by molar-refractivity contribution is 0.0712. The summed E-state index contributed by atoms with van der Waals surface area (Å²) in [6.07, 6.45) is 1.89. The summed E-state index contributed by atoms with van der Waals surface area (Å²) < 4.78 is 5.35. The van der Waals surface area contributed by atoms with Gasteiger partial charge in [0, 0.05) is 30.9 Å². The number of likely N-dealkylation sites (N-methyl/N-ethyl adjacent to an activating group) is 1. The van der Waals surface area contributed by atoms with Crippen LogP contribution in [0.1, 0.15) is 30.1 Å². The summed E-state index contributed by atoms with van der Waals surface area (Å²) in [4.78, 5) is 14.4. The zero-order valence-corrected chi connectivity index (χ0v) is 12.7. The first-order valence-corrected chi connectivity index (χ1v) is 7.39. The number of nitrogens with one attached hydrogen (secondary N) is 1. The number of nitrogens with zero attached hydrogens (tertiary/aromatic N) is 1. The Morgan fingerprint density at radius 2 is 2.35 bits per heavy atom. The molecular formula is C15H21ClN2O2. The van der Waals surface area contributed by atoms with Crippen LogP contribution in [-0.2, 0) is 4.74 Å². The summed E-state index contributed by atoms with van der Waals surface area (Å²) >= 11 is 6.04. The van der Waals surface area contributed by atoms with Gasteiger partial charge in [0.05, 0.1) is 18.2 Å². The zero-order valence-electron chi connectivity index (χ0n) is 12.0. The van der Waals surface area contributed by atoms with E-state index in [1.807, 2.05) is 13.1 Å². The Hall–Kier alpha value is -1.26. The van der Waals surface area contributed by atoms with Crippen molar-refractivity contribution in [1.29, 1.82) is 0 Å². The first-order chi connectivity index (χ1) is 9.63. The lowest BCUT2D eigenvalue weighted by atomic mass is 10.1. The third kappa shape index (κ3) is 3.44. The van der Waals surface area contributed by atoms with E-state index in [-0.39, 0.29) is 11.9 Å². The fraction of sp³-hybridized carbons (Fsp3) is 0.533. The smallest absolute Gasteiger partial charge is 0.256 e. The van der Waals surface area contributed by atoms with Crippen LogP contribution >= 0.6 is 11.6 Å². The van der Waals surface area contributed by atoms with Crippen LogP contribution in [0, 0.1) is 0 Å². The van der Waals surface area contributed by atoms with Crippen molar-refractivity contribution in [3.05, 3.63) is 28.8 Å². The molecule has 1 aliphatic heterocycles. The summed E-state index contributed by atoms with van der Waals surface area (Å²) in [7, 11) is 1.83. The SMILES string of the molecule is CCCNc1ccc(Cl)cc1C(=O)N(C)C1CCOC1. The quantitative estimate of drug-likeness (QED) is 0.908. The number of halogens is 1. The Morgan fingerprint density at radius 3 is 3.00 bits per heavy atom. The third-order valence-electron chi connectivity index (χ3n) is 3.55. The monoisotopic (exact) mass is 296 g/mol. The van der Waals surface area contributed by atoms with E-state index in [1.165, 1.54) is 0 Å². The maximum atomic E-state index is 12.6. The summed E-state index contributed by atoms with van der Waals surface area (Å²) in [5.74, 6) is -0.0124. The second-order valence-corrected chi connectivity index (χ2v) is 5.49. The molecule has 20 heavy (non-hydrogen) atoms. The third-order valence-corrected chi connectivity index (χ3v) is 3.79. The normalized spacial score (nSPS) is 18.1. The molecule has 110 valence electrons. The molecule has 1 amide bonds. The van der Waals surface area contributed by atoms with Crippen LogP contribution in [0.5, 0.6) is 0 Å². The van der Waals surface area contributed by atoms with Gasteiger partial charge in [0.2, 0.25) is 0 Å². The van der Waals surface area contributed by atoms with Crippen molar-refractivity contribution in [3.8, 4) is 0 Å². The lowest BCUT2D eigenvalue weighted by Gasteiger charge is -2.24. The van der Waals surface area contributed by atoms with E-state index in [0.717, 1.165) is 31.7 Å². The minimum atomic E-state index is -0.0124. The number of benzene rings is 1. The van der Waals surface area contributed by atoms with Crippen LogP contribution in [0.3, 0.4) is 0 Å². The molecule has 5 heteroatoms. The Bertz CT molecular complexity index is 473. The second-order valence-electron chi connectivity index (χ2n) is 5.05. The highest BCUT2D eigenvalue weighted by Crippen LogP contribution is 2.24. The van der Waals surface area contributed by atoms with Gasteiger partial charge in [-0.15, -0.1) is 0 Å². The van der Waals surface area contributed by atoms with Gasteiger partial charge >= 0.3 is 0 Å². The maximum absolute atomic E-state index is 12.6. The van der Waals surface area contributed by atoms with E-state index >= 15 is 0 Å². The average Bonchev–Trinajstić information content (AvgIpc) is 2.98. The number of hydrogen-bond acceptors (Lipinski definition) is 3. The van der Waals surface area contributed by atoms with Crippen LogP contribution in [-0.4, -0.2) is 43.7 Å². The van der Waals surface area contributed by atoms with Gasteiger partial charge in [-0.2, -0.15) is 0 Å². The molecule has 1 atom stereocenters. The molecule has 1 aromatic carbocycles. The number of hydrogen-bond donors (Lipinski definition) is 1. The number of anilines is 1. The van der Waals surface area contributed by atoms with E-state index in [2.05, 4.69) is 12.2 Å². The summed E-state index contributed by atoms with van der Waals surface area (Å²) in [6.45, 7) is 4.25. The van der Waals surface area contributed by atoms with Gasteiger partial charge < -0.3 is 15.0 Å². The van der Waals surface area contributed by atoms with Gasteiger partial charge in [0.25, 0.3) is 5.91 Å². The summed E-state index contributed by atoms with van der Waals surface area (Å²) in [5, 5.41) is 3.85. The molecule has 1 N–H and O–H groups in total. The van der Waals surface area contributed by atoms with Gasteiger partial charge in [0.1, 0.15) is 0 Å². The minimum absolute atomic E-state index is 0.0124. The molecule has 1 fully saturated rings. The molecule has 1 saturated heterocycles. The Labute approximate surface area is 125 Å². The van der Waals surface area contributed by atoms with Gasteiger partial charge in [-0.1, -0.05) is 18.5 Å². The van der Waals surface area contributed by atoms with Gasteiger partial charge in [-0.05, 0) is 31.0 Å². The number of ether oxygens (including phenoxy) is 1. The molecule has 0 aromatic heterocycles. The Kier molecular flexibility index (Phi) is 5.26. The molecule has 1 unspecified atom stereocenters. The largest absolute Gasteiger partial charge is 0.384 e. The first-order valence-electron chi connectivity index (χ1n) is 7.01. The molecule has 1 aliphatic rings. The number of amides is 1. The van der Waals surface area contributed by atoms with Gasteiger partial charge in [-0.25, -0.2) is 0 Å². The average molecular weight is 297 g/mol. The predicted octanol–water partition coefficient (Wildman–Crippen LogP) is 3.02. The second kappa shape index (κ2) is 6.95. The molecule has 0 aliphatic carbocycles. The van der Waals surface area contributed by atoms with Crippen LogP contribution < -0.4 is 5.32 Å². The maximum Gasteiger partial charge on any atom is 0.256 e. The minimum Gasteiger partial charge on any atom is -0.384 e. The van der Waals surface area contributed by atoms with E-state index in [4.69, 9.17) is 16.3 Å². The summed E-state index contributed by atoms with van der Waals surface area (Å²) in [5.41, 5.74) is 1.47. The molecular weight excluding hydrogens is 276 g/mol. The van der Waals surface area contributed by atoms with Crippen molar-refractivity contribution in [3.63, 3.8) is 0 Å². The molecule has 0 spiro atoms. The van der Waals surface area contributed by atoms with E-state index in [0.29, 0.717) is 17.2 Å². The highest BCUT2D eigenvalue weighted by atomic mass is 35.5. The van der Waals surface area contributed by atoms with Crippen LogP contribution in [0.2, 0.25) is 5.02 Å². The molecule has 4 nitrogen and oxygen atoms in total. The standard InChI is InChI=1S/C15H21ClN2O2/c1-3-7-17-14-5-4-11(16)9-13(14)15(19)18(2)12-6-8-20-10-12/h4-5,9,12,17H,3,6-8,10H2,1-2H3. The highest BCUT2D eigenvalue weighted by Gasteiger charge is 2.26.